The largest absolute Gasteiger partial charge is 0.477 e. The van der Waals surface area contributed by atoms with Crippen molar-refractivity contribution in [3.8, 4) is 5.88 Å². The maximum atomic E-state index is 13.2. The van der Waals surface area contributed by atoms with Gasteiger partial charge in [0, 0.05) is 17.8 Å². The van der Waals surface area contributed by atoms with Crippen LogP contribution in [-0.2, 0) is 13.1 Å². The van der Waals surface area contributed by atoms with Crippen LogP contribution in [0.3, 0.4) is 0 Å². The Bertz CT molecular complexity index is 1330. The van der Waals surface area contributed by atoms with E-state index in [1.165, 1.54) is 19.3 Å². The van der Waals surface area contributed by atoms with Gasteiger partial charge in [0.05, 0.1) is 41.3 Å². The summed E-state index contributed by atoms with van der Waals surface area (Å²) in [6, 6.07) is 7.39. The van der Waals surface area contributed by atoms with Crippen LogP contribution in [0.2, 0.25) is 5.02 Å². The number of halogens is 1. The molecule has 0 N–H and O–H groups in total. The molecule has 0 saturated heterocycles. The number of unbranched alkanes of at least 4 members (excludes halogenated alkanes) is 2. The van der Waals surface area contributed by atoms with Crippen LogP contribution < -0.4 is 10.4 Å². The highest BCUT2D eigenvalue weighted by molar-refractivity contribution is 6.31. The zero-order valence-corrected chi connectivity index (χ0v) is 20.9. The van der Waals surface area contributed by atoms with Crippen molar-refractivity contribution in [2.24, 2.45) is 5.92 Å². The van der Waals surface area contributed by atoms with E-state index in [1.807, 2.05) is 24.3 Å². The number of hydrogen-bond donors (Lipinski definition) is 0. The molecule has 180 valence electrons. The van der Waals surface area contributed by atoms with Gasteiger partial charge in [0.15, 0.2) is 5.82 Å². The summed E-state index contributed by atoms with van der Waals surface area (Å²) in [6.07, 6.45) is 9.05. The van der Waals surface area contributed by atoms with Crippen LogP contribution in [0.15, 0.2) is 41.5 Å². The molecule has 3 heterocycles. The fraction of sp³-hybridized carbons (Fsp3) is 0.462. The second-order valence-electron chi connectivity index (χ2n) is 8.90. The molecule has 0 bridgehead atoms. The molecule has 0 saturated carbocycles. The maximum Gasteiger partial charge on any atom is 0.329 e. The molecule has 3 aromatic heterocycles. The molecule has 8 heteroatoms. The van der Waals surface area contributed by atoms with E-state index in [1.54, 1.807) is 21.5 Å². The predicted octanol–water partition coefficient (Wildman–Crippen LogP) is 5.85. The number of ether oxygens (including phenoxy) is 1. The average molecular weight is 482 g/mol. The summed E-state index contributed by atoms with van der Waals surface area (Å²) in [5.74, 6) is 1.46. The minimum atomic E-state index is -0.0911. The number of benzene rings is 1. The average Bonchev–Trinajstić information content (AvgIpc) is 3.09. The number of fused-ring (bicyclic) bond motifs is 2. The first-order chi connectivity index (χ1) is 16.5. The second kappa shape index (κ2) is 11.0. The Balaban J connectivity index is 1.69. The minimum Gasteiger partial charge on any atom is -0.477 e. The van der Waals surface area contributed by atoms with Gasteiger partial charge in [0.1, 0.15) is 0 Å². The number of imidazole rings is 1. The summed E-state index contributed by atoms with van der Waals surface area (Å²) in [5.41, 5.74) is 2.24. The Morgan fingerprint density at radius 2 is 1.91 bits per heavy atom. The number of aryl methyl sites for hydroxylation is 1. The molecule has 1 atom stereocenters. The molecule has 4 aromatic rings. The molecule has 0 aliphatic heterocycles. The van der Waals surface area contributed by atoms with Gasteiger partial charge in [-0.25, -0.2) is 9.78 Å². The third-order valence-corrected chi connectivity index (χ3v) is 6.28. The van der Waals surface area contributed by atoms with E-state index < -0.39 is 0 Å². The quantitative estimate of drug-likeness (QED) is 0.251. The van der Waals surface area contributed by atoms with Gasteiger partial charge < -0.3 is 4.74 Å². The summed E-state index contributed by atoms with van der Waals surface area (Å²) in [5, 5.41) is 1.41. The first kappa shape index (κ1) is 24.2. The van der Waals surface area contributed by atoms with E-state index in [4.69, 9.17) is 26.3 Å². The number of aromatic nitrogens is 5. The Morgan fingerprint density at radius 3 is 2.71 bits per heavy atom. The normalized spacial score (nSPS) is 12.5. The molecular formula is C26H32ClN5O2. The molecule has 4 rings (SSSR count). The predicted molar refractivity (Wildman–Crippen MR) is 137 cm³/mol. The van der Waals surface area contributed by atoms with Crippen molar-refractivity contribution in [1.29, 1.82) is 0 Å². The standard InChI is InChI=1S/C26H32ClN5O2/c1-4-6-7-8-18(3)17-34-25-20-10-9-19(27)14-21(20)29-24(30-25)16-32-23-15-28-12-11-22(23)31(13-5-2)26(32)33/h9-12,14-15,18H,4-8,13,16-17H2,1-3H3. The smallest absolute Gasteiger partial charge is 0.329 e. The second-order valence-corrected chi connectivity index (χ2v) is 9.34. The first-order valence-electron chi connectivity index (χ1n) is 12.1. The van der Waals surface area contributed by atoms with E-state index in [0.717, 1.165) is 29.3 Å². The fourth-order valence-corrected chi connectivity index (χ4v) is 4.41. The van der Waals surface area contributed by atoms with Crippen molar-refractivity contribution in [1.82, 2.24) is 24.1 Å². The lowest BCUT2D eigenvalue weighted by molar-refractivity contribution is 0.243. The molecule has 1 aromatic carbocycles. The lowest BCUT2D eigenvalue weighted by Crippen LogP contribution is -2.25. The lowest BCUT2D eigenvalue weighted by Gasteiger charge is -2.15. The number of pyridine rings is 1. The van der Waals surface area contributed by atoms with Crippen LogP contribution in [0.1, 0.15) is 58.7 Å². The SMILES string of the molecule is CCCCCC(C)COc1nc(Cn2c(=O)n(CCC)c3ccncc32)nc2cc(Cl)ccc12. The summed E-state index contributed by atoms with van der Waals surface area (Å²) in [4.78, 5) is 26.9. The van der Waals surface area contributed by atoms with Crippen LogP contribution in [0.5, 0.6) is 5.88 Å². The van der Waals surface area contributed by atoms with Gasteiger partial charge in [-0.15, -0.1) is 0 Å². The van der Waals surface area contributed by atoms with E-state index in [0.29, 0.717) is 41.3 Å². The summed E-state index contributed by atoms with van der Waals surface area (Å²) in [6.45, 7) is 7.92. The molecule has 0 aliphatic carbocycles. The van der Waals surface area contributed by atoms with Gasteiger partial charge in [-0.3, -0.25) is 14.1 Å². The van der Waals surface area contributed by atoms with E-state index in [9.17, 15) is 4.79 Å². The van der Waals surface area contributed by atoms with Crippen LogP contribution in [-0.4, -0.2) is 30.7 Å². The first-order valence-corrected chi connectivity index (χ1v) is 12.5. The molecule has 34 heavy (non-hydrogen) atoms. The van der Waals surface area contributed by atoms with Gasteiger partial charge in [-0.05, 0) is 43.0 Å². The highest BCUT2D eigenvalue weighted by Crippen LogP contribution is 2.27. The van der Waals surface area contributed by atoms with Crippen molar-refractivity contribution in [3.05, 3.63) is 58.0 Å². The maximum absolute atomic E-state index is 13.2. The van der Waals surface area contributed by atoms with Crippen molar-refractivity contribution < 1.29 is 4.74 Å². The van der Waals surface area contributed by atoms with Gasteiger partial charge >= 0.3 is 5.69 Å². The Hall–Kier alpha value is -2.93. The number of nitrogens with zero attached hydrogens (tertiary/aromatic N) is 5. The third-order valence-electron chi connectivity index (χ3n) is 6.04. The molecule has 0 amide bonds. The number of rotatable bonds is 11. The van der Waals surface area contributed by atoms with Crippen LogP contribution in [0.4, 0.5) is 0 Å². The summed E-state index contributed by atoms with van der Waals surface area (Å²) >= 11 is 6.26. The van der Waals surface area contributed by atoms with Gasteiger partial charge in [-0.1, -0.05) is 51.6 Å². The van der Waals surface area contributed by atoms with E-state index in [-0.39, 0.29) is 12.2 Å². The monoisotopic (exact) mass is 481 g/mol. The topological polar surface area (TPSA) is 74.8 Å². The van der Waals surface area contributed by atoms with Crippen LogP contribution in [0, 0.1) is 5.92 Å². The van der Waals surface area contributed by atoms with Crippen LogP contribution in [0.25, 0.3) is 21.9 Å². The van der Waals surface area contributed by atoms with Gasteiger partial charge in [-0.2, -0.15) is 4.98 Å². The number of hydrogen-bond acceptors (Lipinski definition) is 5. The van der Waals surface area contributed by atoms with Crippen molar-refractivity contribution in [3.63, 3.8) is 0 Å². The van der Waals surface area contributed by atoms with Gasteiger partial charge in [0.2, 0.25) is 5.88 Å². The third kappa shape index (κ3) is 5.25. The Labute approximate surface area is 204 Å². The summed E-state index contributed by atoms with van der Waals surface area (Å²) < 4.78 is 9.66. The minimum absolute atomic E-state index is 0.0911. The van der Waals surface area contributed by atoms with Crippen molar-refractivity contribution in [2.45, 2.75) is 66.0 Å². The highest BCUT2D eigenvalue weighted by atomic mass is 35.5. The van der Waals surface area contributed by atoms with E-state index in [2.05, 4.69) is 25.8 Å². The lowest BCUT2D eigenvalue weighted by atomic mass is 10.0. The van der Waals surface area contributed by atoms with Crippen molar-refractivity contribution >= 4 is 33.5 Å². The molecule has 0 spiro atoms. The van der Waals surface area contributed by atoms with Gasteiger partial charge in [0.25, 0.3) is 0 Å². The van der Waals surface area contributed by atoms with Crippen LogP contribution >= 0.6 is 11.6 Å². The molecular weight excluding hydrogens is 450 g/mol. The Kier molecular flexibility index (Phi) is 7.83. The molecule has 7 nitrogen and oxygen atoms in total. The summed E-state index contributed by atoms with van der Waals surface area (Å²) in [7, 11) is 0. The zero-order valence-electron chi connectivity index (χ0n) is 20.1. The Morgan fingerprint density at radius 1 is 1.06 bits per heavy atom. The zero-order chi connectivity index (χ0) is 24.1. The molecule has 0 radical (unpaired) electrons. The van der Waals surface area contributed by atoms with E-state index >= 15 is 0 Å². The molecule has 0 fully saturated rings. The fourth-order valence-electron chi connectivity index (χ4n) is 4.25. The van der Waals surface area contributed by atoms with Crippen molar-refractivity contribution in [2.75, 3.05) is 6.61 Å². The highest BCUT2D eigenvalue weighted by Gasteiger charge is 2.17. The molecule has 0 aliphatic rings. The molecule has 1 unspecified atom stereocenters.